The van der Waals surface area contributed by atoms with Crippen LogP contribution >= 0.6 is 0 Å². The number of carbonyl (C=O) groups excluding carboxylic acids is 2. The van der Waals surface area contributed by atoms with E-state index < -0.39 is 23.1 Å². The Morgan fingerprint density at radius 2 is 2.17 bits per heavy atom. The van der Waals surface area contributed by atoms with Gasteiger partial charge < -0.3 is 14.8 Å². The quantitative estimate of drug-likeness (QED) is 0.643. The molecule has 1 N–H and O–H groups in total. The molecule has 1 fully saturated rings. The summed E-state index contributed by atoms with van der Waals surface area (Å²) in [4.78, 5) is 23.6. The molecule has 2 rings (SSSR count). The van der Waals surface area contributed by atoms with Gasteiger partial charge in [0.1, 0.15) is 5.82 Å². The van der Waals surface area contributed by atoms with Gasteiger partial charge >= 0.3 is 5.97 Å². The summed E-state index contributed by atoms with van der Waals surface area (Å²) in [7, 11) is 1.21. The molecule has 1 saturated heterocycles. The van der Waals surface area contributed by atoms with Crippen molar-refractivity contribution in [3.05, 3.63) is 30.1 Å². The van der Waals surface area contributed by atoms with Crippen LogP contribution in [0.15, 0.2) is 24.3 Å². The van der Waals surface area contributed by atoms with Crippen LogP contribution in [0.25, 0.3) is 0 Å². The summed E-state index contributed by atoms with van der Waals surface area (Å²) in [5.74, 6) is -1.67. The average Bonchev–Trinajstić information content (AvgIpc) is 2.27. The van der Waals surface area contributed by atoms with Gasteiger partial charge in [-0.3, -0.25) is 9.59 Å². The molecule has 1 aliphatic rings. The molecule has 0 radical (unpaired) electrons. The van der Waals surface area contributed by atoms with E-state index in [-0.39, 0.29) is 18.9 Å². The first-order chi connectivity index (χ1) is 8.58. The minimum Gasteiger partial charge on any atom is -0.468 e. The topological polar surface area (TPSA) is 64.6 Å². The molecule has 1 aromatic rings. The molecule has 0 unspecified atom stereocenters. The first kappa shape index (κ1) is 12.5. The number of hydrogen-bond donors (Lipinski definition) is 1. The molecule has 0 atom stereocenters. The lowest BCUT2D eigenvalue weighted by molar-refractivity contribution is -0.185. The van der Waals surface area contributed by atoms with Crippen molar-refractivity contribution in [3.8, 4) is 0 Å². The number of benzene rings is 1. The first-order valence-corrected chi connectivity index (χ1v) is 5.32. The van der Waals surface area contributed by atoms with E-state index in [1.54, 1.807) is 0 Å². The van der Waals surface area contributed by atoms with Crippen molar-refractivity contribution < 1.29 is 23.5 Å². The molecular formula is C12H12FNO4. The Hall–Kier alpha value is -1.95. The molecule has 1 heterocycles. The number of methoxy groups -OCH3 is 1. The van der Waals surface area contributed by atoms with E-state index in [1.807, 2.05) is 0 Å². The zero-order chi connectivity index (χ0) is 13.2. The monoisotopic (exact) mass is 253 g/mol. The maximum atomic E-state index is 13.0. The molecule has 1 aromatic carbocycles. The fraction of sp³-hybridized carbons (Fsp3) is 0.333. The SMILES string of the molecule is COC(=O)C1(C(=O)Nc2cccc(F)c2)COC1. The van der Waals surface area contributed by atoms with Crippen LogP contribution in [-0.2, 0) is 19.1 Å². The van der Waals surface area contributed by atoms with Crippen LogP contribution in [0.4, 0.5) is 10.1 Å². The molecule has 1 amide bonds. The Labute approximate surface area is 103 Å². The van der Waals surface area contributed by atoms with Crippen LogP contribution in [0.1, 0.15) is 0 Å². The van der Waals surface area contributed by atoms with Crippen LogP contribution in [-0.4, -0.2) is 32.2 Å². The zero-order valence-electron chi connectivity index (χ0n) is 9.73. The number of halogens is 1. The molecule has 0 aliphatic carbocycles. The van der Waals surface area contributed by atoms with Gasteiger partial charge in [-0.2, -0.15) is 0 Å². The highest BCUT2D eigenvalue weighted by molar-refractivity contribution is 6.09. The lowest BCUT2D eigenvalue weighted by Crippen LogP contribution is -2.57. The number of hydrogen-bond acceptors (Lipinski definition) is 4. The predicted octanol–water partition coefficient (Wildman–Crippen LogP) is 0.954. The normalized spacial score (nSPS) is 16.6. The van der Waals surface area contributed by atoms with Crippen molar-refractivity contribution in [1.82, 2.24) is 0 Å². The largest absolute Gasteiger partial charge is 0.468 e. The van der Waals surface area contributed by atoms with Gasteiger partial charge in [-0.1, -0.05) is 6.07 Å². The van der Waals surface area contributed by atoms with Crippen molar-refractivity contribution in [2.24, 2.45) is 5.41 Å². The van der Waals surface area contributed by atoms with Gasteiger partial charge in [-0.25, -0.2) is 4.39 Å². The van der Waals surface area contributed by atoms with E-state index in [0.29, 0.717) is 0 Å². The summed E-state index contributed by atoms with van der Waals surface area (Å²) in [5, 5.41) is 2.48. The minimum absolute atomic E-state index is 0.0270. The number of amides is 1. The molecule has 0 spiro atoms. The third-order valence-electron chi connectivity index (χ3n) is 2.79. The lowest BCUT2D eigenvalue weighted by atomic mass is 9.85. The number of anilines is 1. The lowest BCUT2D eigenvalue weighted by Gasteiger charge is -2.36. The van der Waals surface area contributed by atoms with Crippen molar-refractivity contribution in [1.29, 1.82) is 0 Å². The van der Waals surface area contributed by atoms with E-state index in [0.717, 1.165) is 0 Å². The van der Waals surface area contributed by atoms with Gasteiger partial charge in [0.25, 0.3) is 0 Å². The van der Waals surface area contributed by atoms with E-state index in [1.165, 1.54) is 31.4 Å². The molecule has 0 saturated carbocycles. The molecular weight excluding hydrogens is 241 g/mol. The van der Waals surface area contributed by atoms with E-state index >= 15 is 0 Å². The average molecular weight is 253 g/mol. The van der Waals surface area contributed by atoms with Crippen molar-refractivity contribution in [2.75, 3.05) is 25.6 Å². The second kappa shape index (κ2) is 4.73. The highest BCUT2D eigenvalue weighted by Crippen LogP contribution is 2.30. The summed E-state index contributed by atoms with van der Waals surface area (Å²) in [6, 6.07) is 5.43. The van der Waals surface area contributed by atoms with Gasteiger partial charge in [0.2, 0.25) is 5.91 Å². The zero-order valence-corrected chi connectivity index (χ0v) is 9.73. The van der Waals surface area contributed by atoms with Crippen LogP contribution in [0, 0.1) is 11.2 Å². The minimum atomic E-state index is -1.32. The summed E-state index contributed by atoms with van der Waals surface area (Å²) < 4.78 is 22.5. The van der Waals surface area contributed by atoms with Gasteiger partial charge in [0.15, 0.2) is 5.41 Å². The Kier molecular flexibility index (Phi) is 3.29. The van der Waals surface area contributed by atoms with E-state index in [9.17, 15) is 14.0 Å². The summed E-state index contributed by atoms with van der Waals surface area (Å²) in [5.41, 5.74) is -1.03. The fourth-order valence-corrected chi connectivity index (χ4v) is 1.66. The summed E-state index contributed by atoms with van der Waals surface area (Å²) in [6.45, 7) is -0.0539. The van der Waals surface area contributed by atoms with Crippen LogP contribution < -0.4 is 5.32 Å². The van der Waals surface area contributed by atoms with E-state index in [4.69, 9.17) is 4.74 Å². The van der Waals surface area contributed by atoms with Crippen LogP contribution in [0.2, 0.25) is 0 Å². The maximum Gasteiger partial charge on any atom is 0.326 e. The highest BCUT2D eigenvalue weighted by atomic mass is 19.1. The van der Waals surface area contributed by atoms with Gasteiger partial charge in [-0.15, -0.1) is 0 Å². The first-order valence-electron chi connectivity index (χ1n) is 5.32. The molecule has 6 heteroatoms. The third kappa shape index (κ3) is 2.06. The highest BCUT2D eigenvalue weighted by Gasteiger charge is 2.54. The number of nitrogens with one attached hydrogen (secondary N) is 1. The maximum absolute atomic E-state index is 13.0. The fourth-order valence-electron chi connectivity index (χ4n) is 1.66. The number of esters is 1. The summed E-state index contributed by atoms with van der Waals surface area (Å²) >= 11 is 0. The molecule has 5 nitrogen and oxygen atoms in total. The van der Waals surface area contributed by atoms with Crippen molar-refractivity contribution >= 4 is 17.6 Å². The second-order valence-corrected chi connectivity index (χ2v) is 4.03. The Bertz CT molecular complexity index is 485. The predicted molar refractivity (Wildman–Crippen MR) is 60.3 cm³/mol. The van der Waals surface area contributed by atoms with Gasteiger partial charge in [-0.05, 0) is 18.2 Å². The number of carbonyl (C=O) groups is 2. The molecule has 18 heavy (non-hydrogen) atoms. The Morgan fingerprint density at radius 3 is 2.67 bits per heavy atom. The third-order valence-corrected chi connectivity index (χ3v) is 2.79. The van der Waals surface area contributed by atoms with Gasteiger partial charge in [0.05, 0.1) is 20.3 Å². The smallest absolute Gasteiger partial charge is 0.326 e. The van der Waals surface area contributed by atoms with Crippen LogP contribution in [0.3, 0.4) is 0 Å². The van der Waals surface area contributed by atoms with Crippen LogP contribution in [0.5, 0.6) is 0 Å². The summed E-state index contributed by atoms with van der Waals surface area (Å²) in [6.07, 6.45) is 0. The second-order valence-electron chi connectivity index (χ2n) is 4.03. The number of ether oxygens (including phenoxy) is 2. The van der Waals surface area contributed by atoms with E-state index in [2.05, 4.69) is 10.1 Å². The standard InChI is InChI=1S/C12H12FNO4/c1-17-11(16)12(6-18-7-12)10(15)14-9-4-2-3-8(13)5-9/h2-5H,6-7H2,1H3,(H,14,15). The van der Waals surface area contributed by atoms with Gasteiger partial charge in [0, 0.05) is 5.69 Å². The Balaban J connectivity index is 2.14. The van der Waals surface area contributed by atoms with Crippen molar-refractivity contribution in [3.63, 3.8) is 0 Å². The number of rotatable bonds is 3. The molecule has 0 aromatic heterocycles. The Morgan fingerprint density at radius 1 is 1.44 bits per heavy atom. The molecule has 0 bridgehead atoms. The molecule has 96 valence electrons. The molecule has 1 aliphatic heterocycles. The van der Waals surface area contributed by atoms with Crippen molar-refractivity contribution in [2.45, 2.75) is 0 Å².